The van der Waals surface area contributed by atoms with Gasteiger partial charge in [0, 0.05) is 11.1 Å². The normalized spacial score (nSPS) is 16.9. The summed E-state index contributed by atoms with van der Waals surface area (Å²) in [5.41, 5.74) is 7.96. The molecular weight excluding hydrogens is 464 g/mol. The lowest BCUT2D eigenvalue weighted by Gasteiger charge is -2.31. The second kappa shape index (κ2) is 9.07. The minimum Gasteiger partial charge on any atom is -0.496 e. The quantitative estimate of drug-likeness (QED) is 0.380. The molecule has 0 spiro atoms. The molecule has 2 aliphatic rings. The van der Waals surface area contributed by atoms with Crippen LogP contribution in [0, 0.1) is 0 Å². The molecule has 0 N–H and O–H groups in total. The van der Waals surface area contributed by atoms with Crippen LogP contribution in [-0.2, 0) is 6.42 Å². The third kappa shape index (κ3) is 3.75. The Morgan fingerprint density at radius 3 is 2.53 bits per heavy atom. The summed E-state index contributed by atoms with van der Waals surface area (Å²) in [6.07, 6.45) is 3.78. The van der Waals surface area contributed by atoms with E-state index in [1.807, 2.05) is 28.8 Å². The molecule has 0 saturated heterocycles. The standard InChI is InChI=1S/C31H28N2O2S/c1-19(2)21-14-12-20(13-15-21)18-27-30(34)33-29(24-10-6-7-11-26(24)35-3)25-17-16-22-8-4-5-9-23(22)28(25)32-31(33)36-27/h4-15,18-19,29H,16-17H2,1-3H3/b27-18+/t29-/m0/s1. The van der Waals surface area contributed by atoms with Crippen LogP contribution in [0.25, 0.3) is 11.8 Å². The van der Waals surface area contributed by atoms with Crippen molar-refractivity contribution in [2.45, 2.75) is 38.6 Å². The Hall–Kier alpha value is -3.70. The Kier molecular flexibility index (Phi) is 5.73. The molecule has 0 amide bonds. The summed E-state index contributed by atoms with van der Waals surface area (Å²) in [6.45, 7) is 4.37. The second-order valence-corrected chi connectivity index (χ2v) is 10.7. The molecular formula is C31H28N2O2S. The van der Waals surface area contributed by atoms with Gasteiger partial charge in [0.25, 0.3) is 5.56 Å². The minimum absolute atomic E-state index is 0.00648. The van der Waals surface area contributed by atoms with Gasteiger partial charge in [0.1, 0.15) is 5.75 Å². The van der Waals surface area contributed by atoms with Crippen molar-refractivity contribution in [1.82, 2.24) is 4.57 Å². The first kappa shape index (κ1) is 22.7. The maximum Gasteiger partial charge on any atom is 0.271 e. The lowest BCUT2D eigenvalue weighted by Crippen LogP contribution is -2.38. The Bertz CT molecular complexity index is 1670. The van der Waals surface area contributed by atoms with Crippen molar-refractivity contribution in [3.8, 4) is 5.75 Å². The van der Waals surface area contributed by atoms with Crippen molar-refractivity contribution >= 4 is 23.1 Å². The molecule has 0 fully saturated rings. The molecule has 1 atom stereocenters. The molecule has 4 aromatic rings. The number of hydrogen-bond donors (Lipinski definition) is 0. The molecule has 1 aliphatic carbocycles. The molecule has 1 aromatic heterocycles. The van der Waals surface area contributed by atoms with Gasteiger partial charge in [-0.3, -0.25) is 9.36 Å². The molecule has 0 unspecified atom stereocenters. The minimum atomic E-state index is -0.244. The number of para-hydroxylation sites is 1. The number of ether oxygens (including phenoxy) is 1. The maximum absolute atomic E-state index is 13.9. The van der Waals surface area contributed by atoms with E-state index >= 15 is 0 Å². The fourth-order valence-corrected chi connectivity index (χ4v) is 6.32. The highest BCUT2D eigenvalue weighted by atomic mass is 32.1. The summed E-state index contributed by atoms with van der Waals surface area (Å²) in [5, 5.41) is 0. The number of thiazole rings is 1. The zero-order valence-electron chi connectivity index (χ0n) is 20.7. The van der Waals surface area contributed by atoms with Gasteiger partial charge in [0.15, 0.2) is 4.80 Å². The number of benzene rings is 3. The first-order valence-corrected chi connectivity index (χ1v) is 13.2. The van der Waals surface area contributed by atoms with Crippen LogP contribution < -0.4 is 19.6 Å². The van der Waals surface area contributed by atoms with Crippen molar-refractivity contribution in [2.75, 3.05) is 7.11 Å². The molecule has 3 aromatic carbocycles. The van der Waals surface area contributed by atoms with Gasteiger partial charge >= 0.3 is 0 Å². The molecule has 0 saturated carbocycles. The molecule has 6 rings (SSSR count). The second-order valence-electron chi connectivity index (χ2n) is 9.68. The van der Waals surface area contributed by atoms with Crippen LogP contribution in [0.5, 0.6) is 5.75 Å². The molecule has 1 aliphatic heterocycles. The topological polar surface area (TPSA) is 43.6 Å². The smallest absolute Gasteiger partial charge is 0.271 e. The zero-order chi connectivity index (χ0) is 24.8. The van der Waals surface area contributed by atoms with E-state index in [1.54, 1.807) is 7.11 Å². The van der Waals surface area contributed by atoms with Crippen molar-refractivity contribution in [3.05, 3.63) is 126 Å². The fraction of sp³-hybridized carbons (Fsp3) is 0.226. The van der Waals surface area contributed by atoms with E-state index in [9.17, 15) is 4.79 Å². The Morgan fingerprint density at radius 1 is 1.00 bits per heavy atom. The van der Waals surface area contributed by atoms with E-state index in [-0.39, 0.29) is 11.6 Å². The number of nitrogens with zero attached hydrogens (tertiary/aromatic N) is 2. The van der Waals surface area contributed by atoms with E-state index in [1.165, 1.54) is 33.6 Å². The monoisotopic (exact) mass is 492 g/mol. The lowest BCUT2D eigenvalue weighted by atomic mass is 9.83. The number of allylic oxidation sites excluding steroid dienone is 1. The van der Waals surface area contributed by atoms with E-state index in [2.05, 4.69) is 68.4 Å². The van der Waals surface area contributed by atoms with Crippen LogP contribution in [-0.4, -0.2) is 11.7 Å². The van der Waals surface area contributed by atoms with Gasteiger partial charge in [0.2, 0.25) is 0 Å². The van der Waals surface area contributed by atoms with Crippen LogP contribution in [0.4, 0.5) is 0 Å². The first-order valence-electron chi connectivity index (χ1n) is 12.4. The third-order valence-corrected chi connectivity index (χ3v) is 8.19. The number of aromatic nitrogens is 1. The highest BCUT2D eigenvalue weighted by Gasteiger charge is 2.33. The Morgan fingerprint density at radius 2 is 1.75 bits per heavy atom. The molecule has 180 valence electrons. The molecule has 36 heavy (non-hydrogen) atoms. The van der Waals surface area contributed by atoms with Crippen LogP contribution >= 0.6 is 11.3 Å². The third-order valence-electron chi connectivity index (χ3n) is 7.21. The average Bonchev–Trinajstić information content (AvgIpc) is 3.22. The van der Waals surface area contributed by atoms with Gasteiger partial charge in [-0.15, -0.1) is 0 Å². The van der Waals surface area contributed by atoms with Gasteiger partial charge in [-0.25, -0.2) is 4.99 Å². The van der Waals surface area contributed by atoms with Crippen LogP contribution in [0.3, 0.4) is 0 Å². The van der Waals surface area contributed by atoms with Crippen LogP contribution in [0.15, 0.2) is 88.2 Å². The summed E-state index contributed by atoms with van der Waals surface area (Å²) >= 11 is 1.46. The summed E-state index contributed by atoms with van der Waals surface area (Å²) in [6, 6.07) is 24.7. The predicted molar refractivity (Wildman–Crippen MR) is 146 cm³/mol. The van der Waals surface area contributed by atoms with E-state index in [0.29, 0.717) is 10.5 Å². The van der Waals surface area contributed by atoms with Crippen molar-refractivity contribution < 1.29 is 4.74 Å². The summed E-state index contributed by atoms with van der Waals surface area (Å²) in [7, 11) is 1.69. The molecule has 4 nitrogen and oxygen atoms in total. The summed E-state index contributed by atoms with van der Waals surface area (Å²) < 4.78 is 8.33. The Labute approximate surface area is 214 Å². The Balaban J connectivity index is 1.59. The van der Waals surface area contributed by atoms with E-state index in [4.69, 9.17) is 9.73 Å². The number of methoxy groups -OCH3 is 1. The fourth-order valence-electron chi connectivity index (χ4n) is 5.32. The van der Waals surface area contributed by atoms with Crippen molar-refractivity contribution in [2.24, 2.45) is 4.99 Å². The molecule has 0 bridgehead atoms. The van der Waals surface area contributed by atoms with Gasteiger partial charge < -0.3 is 4.74 Å². The largest absolute Gasteiger partial charge is 0.496 e. The predicted octanol–water partition coefficient (Wildman–Crippen LogP) is 5.45. The average molecular weight is 493 g/mol. The maximum atomic E-state index is 13.9. The molecule has 0 radical (unpaired) electrons. The van der Waals surface area contributed by atoms with Crippen LogP contribution in [0.2, 0.25) is 0 Å². The highest BCUT2D eigenvalue weighted by Crippen LogP contribution is 2.43. The van der Waals surface area contributed by atoms with E-state index < -0.39 is 0 Å². The SMILES string of the molecule is COc1ccccc1[C@H]1C2=C(N=c3s/c(=C/c4ccc(C(C)C)cc4)c(=O)n31)c1ccccc1CC2. The van der Waals surface area contributed by atoms with E-state index in [0.717, 1.165) is 40.2 Å². The zero-order valence-corrected chi connectivity index (χ0v) is 21.5. The van der Waals surface area contributed by atoms with Gasteiger partial charge in [-0.05, 0) is 53.2 Å². The highest BCUT2D eigenvalue weighted by molar-refractivity contribution is 7.07. The number of rotatable bonds is 4. The van der Waals surface area contributed by atoms with Gasteiger partial charge in [-0.1, -0.05) is 91.9 Å². The summed E-state index contributed by atoms with van der Waals surface area (Å²) in [5.74, 6) is 1.26. The van der Waals surface area contributed by atoms with Crippen LogP contribution in [0.1, 0.15) is 60.0 Å². The number of fused-ring (bicyclic) bond motifs is 3. The van der Waals surface area contributed by atoms with Crippen molar-refractivity contribution in [3.63, 3.8) is 0 Å². The first-order chi connectivity index (χ1) is 17.5. The summed E-state index contributed by atoms with van der Waals surface area (Å²) in [4.78, 5) is 19.7. The van der Waals surface area contributed by atoms with Gasteiger partial charge in [-0.2, -0.15) is 0 Å². The molecule has 2 heterocycles. The lowest BCUT2D eigenvalue weighted by molar-refractivity contribution is 0.402. The molecule has 5 heteroatoms. The van der Waals surface area contributed by atoms with Crippen molar-refractivity contribution in [1.29, 1.82) is 0 Å². The number of aryl methyl sites for hydroxylation is 1. The van der Waals surface area contributed by atoms with Gasteiger partial charge in [0.05, 0.1) is 23.4 Å². The number of hydrogen-bond acceptors (Lipinski definition) is 4.